The molecule has 0 fully saturated rings. The summed E-state index contributed by atoms with van der Waals surface area (Å²) >= 11 is 5.58. The number of nitrogens with zero attached hydrogens (tertiary/aromatic N) is 1. The van der Waals surface area contributed by atoms with Gasteiger partial charge in [-0.1, -0.05) is 23.7 Å². The van der Waals surface area contributed by atoms with Crippen LogP contribution in [-0.4, -0.2) is 10.8 Å². The van der Waals surface area contributed by atoms with E-state index in [9.17, 15) is 18.0 Å². The molecule has 6 heteroatoms. The van der Waals surface area contributed by atoms with Gasteiger partial charge in [-0.2, -0.15) is 13.2 Å². The molecule has 0 spiro atoms. The van der Waals surface area contributed by atoms with Crippen LogP contribution in [0, 0.1) is 0 Å². The van der Waals surface area contributed by atoms with Crippen molar-refractivity contribution in [3.8, 4) is 0 Å². The molecular weight excluding hydrogens is 279 g/mol. The topological polar surface area (TPSA) is 30.0 Å². The van der Waals surface area contributed by atoms with Crippen molar-refractivity contribution < 1.29 is 18.0 Å². The highest BCUT2D eigenvalue weighted by molar-refractivity contribution is 6.29. The second-order valence-electron chi connectivity index (χ2n) is 3.78. The van der Waals surface area contributed by atoms with Gasteiger partial charge in [-0.25, -0.2) is 4.98 Å². The Morgan fingerprint density at radius 1 is 1.11 bits per heavy atom. The van der Waals surface area contributed by atoms with Gasteiger partial charge in [0.1, 0.15) is 5.15 Å². The minimum Gasteiger partial charge on any atom is -0.289 e. The maximum absolute atomic E-state index is 12.5. The Labute approximate surface area is 111 Å². The lowest BCUT2D eigenvalue weighted by molar-refractivity contribution is -0.137. The van der Waals surface area contributed by atoms with Crippen molar-refractivity contribution in [1.29, 1.82) is 0 Å². The maximum Gasteiger partial charge on any atom is 0.416 e. The molecule has 0 saturated carbocycles. The average molecular weight is 286 g/mol. The number of benzene rings is 1. The van der Waals surface area contributed by atoms with E-state index in [0.29, 0.717) is 0 Å². The second kappa shape index (κ2) is 5.01. The standard InChI is InChI=1S/C13H7ClF3NO/c14-11-5-4-9(7-18-11)12(19)8-2-1-3-10(6-8)13(15,16)17/h1-7H. The molecular formula is C13H7ClF3NO. The first-order valence-corrected chi connectivity index (χ1v) is 5.59. The number of rotatable bonds is 2. The van der Waals surface area contributed by atoms with E-state index >= 15 is 0 Å². The maximum atomic E-state index is 12.5. The summed E-state index contributed by atoms with van der Waals surface area (Å²) in [7, 11) is 0. The molecule has 0 amide bonds. The van der Waals surface area contributed by atoms with Gasteiger partial charge in [0.2, 0.25) is 0 Å². The van der Waals surface area contributed by atoms with Crippen LogP contribution in [0.15, 0.2) is 42.6 Å². The van der Waals surface area contributed by atoms with Gasteiger partial charge in [-0.05, 0) is 24.3 Å². The molecule has 1 heterocycles. The number of pyridine rings is 1. The minimum atomic E-state index is -4.48. The van der Waals surface area contributed by atoms with Crippen molar-refractivity contribution in [1.82, 2.24) is 4.98 Å². The van der Waals surface area contributed by atoms with Crippen molar-refractivity contribution in [2.24, 2.45) is 0 Å². The van der Waals surface area contributed by atoms with Gasteiger partial charge < -0.3 is 0 Å². The van der Waals surface area contributed by atoms with Crippen LogP contribution in [0.1, 0.15) is 21.5 Å². The fourth-order valence-electron chi connectivity index (χ4n) is 1.51. The summed E-state index contributed by atoms with van der Waals surface area (Å²) in [5.41, 5.74) is -0.719. The molecule has 1 aromatic heterocycles. The zero-order valence-electron chi connectivity index (χ0n) is 9.41. The summed E-state index contributed by atoms with van der Waals surface area (Å²) in [5, 5.41) is 0.209. The first-order valence-electron chi connectivity index (χ1n) is 5.21. The third-order valence-electron chi connectivity index (χ3n) is 2.44. The van der Waals surface area contributed by atoms with Crippen molar-refractivity contribution in [2.75, 3.05) is 0 Å². The van der Waals surface area contributed by atoms with E-state index in [0.717, 1.165) is 12.1 Å². The summed E-state index contributed by atoms with van der Waals surface area (Å²) in [6.45, 7) is 0. The van der Waals surface area contributed by atoms with Gasteiger partial charge in [0, 0.05) is 17.3 Å². The molecule has 2 aromatic rings. The quantitative estimate of drug-likeness (QED) is 0.617. The Kier molecular flexibility index (Phi) is 3.57. The third-order valence-corrected chi connectivity index (χ3v) is 2.67. The predicted molar refractivity (Wildman–Crippen MR) is 64.1 cm³/mol. The molecule has 1 aromatic carbocycles. The van der Waals surface area contributed by atoms with E-state index in [1.165, 1.54) is 30.5 Å². The fourth-order valence-corrected chi connectivity index (χ4v) is 1.63. The summed E-state index contributed by atoms with van der Waals surface area (Å²) in [4.78, 5) is 15.7. The van der Waals surface area contributed by atoms with Gasteiger partial charge in [-0.15, -0.1) is 0 Å². The Morgan fingerprint density at radius 2 is 1.84 bits per heavy atom. The Balaban J connectivity index is 2.37. The van der Waals surface area contributed by atoms with Gasteiger partial charge in [0.25, 0.3) is 0 Å². The lowest BCUT2D eigenvalue weighted by atomic mass is 10.0. The van der Waals surface area contributed by atoms with Crippen LogP contribution in [0.5, 0.6) is 0 Å². The van der Waals surface area contributed by atoms with E-state index in [1.54, 1.807) is 0 Å². The lowest BCUT2D eigenvalue weighted by Crippen LogP contribution is -2.08. The Bertz CT molecular complexity index is 608. The number of alkyl halides is 3. The highest BCUT2D eigenvalue weighted by atomic mass is 35.5. The van der Waals surface area contributed by atoms with Crippen LogP contribution >= 0.6 is 11.6 Å². The summed E-state index contributed by atoms with van der Waals surface area (Å²) in [5.74, 6) is -0.532. The molecule has 0 radical (unpaired) electrons. The van der Waals surface area contributed by atoms with Crippen molar-refractivity contribution in [3.63, 3.8) is 0 Å². The molecule has 2 rings (SSSR count). The average Bonchev–Trinajstić information content (AvgIpc) is 2.38. The fraction of sp³-hybridized carbons (Fsp3) is 0.0769. The number of hydrogen-bond donors (Lipinski definition) is 0. The number of aromatic nitrogens is 1. The van der Waals surface area contributed by atoms with Crippen LogP contribution in [0.2, 0.25) is 5.15 Å². The molecule has 2 nitrogen and oxygen atoms in total. The van der Waals surface area contributed by atoms with E-state index in [2.05, 4.69) is 4.98 Å². The largest absolute Gasteiger partial charge is 0.416 e. The zero-order valence-corrected chi connectivity index (χ0v) is 10.2. The van der Waals surface area contributed by atoms with Crippen LogP contribution < -0.4 is 0 Å². The van der Waals surface area contributed by atoms with Crippen molar-refractivity contribution >= 4 is 17.4 Å². The second-order valence-corrected chi connectivity index (χ2v) is 4.16. The van der Waals surface area contributed by atoms with E-state index < -0.39 is 17.5 Å². The molecule has 98 valence electrons. The number of carbonyl (C=O) groups is 1. The number of ketones is 1. The lowest BCUT2D eigenvalue weighted by Gasteiger charge is -2.08. The highest BCUT2D eigenvalue weighted by Gasteiger charge is 2.30. The predicted octanol–water partition coefficient (Wildman–Crippen LogP) is 3.98. The first kappa shape index (κ1) is 13.5. The molecule has 0 bridgehead atoms. The molecule has 0 saturated heterocycles. The first-order chi connectivity index (χ1) is 8.88. The third kappa shape index (κ3) is 3.12. The molecule has 0 aliphatic carbocycles. The Morgan fingerprint density at radius 3 is 2.42 bits per heavy atom. The summed E-state index contributed by atoms with van der Waals surface area (Å²) in [6, 6.07) is 7.07. The number of carbonyl (C=O) groups excluding carboxylic acids is 1. The number of hydrogen-bond acceptors (Lipinski definition) is 2. The molecule has 0 atom stereocenters. The highest BCUT2D eigenvalue weighted by Crippen LogP contribution is 2.29. The molecule has 0 aliphatic heterocycles. The Hall–Kier alpha value is -1.88. The SMILES string of the molecule is O=C(c1ccc(Cl)nc1)c1cccc(C(F)(F)F)c1. The van der Waals surface area contributed by atoms with Crippen LogP contribution in [0.25, 0.3) is 0 Å². The van der Waals surface area contributed by atoms with Gasteiger partial charge in [-0.3, -0.25) is 4.79 Å². The van der Waals surface area contributed by atoms with Crippen LogP contribution in [-0.2, 0) is 6.18 Å². The van der Waals surface area contributed by atoms with Crippen molar-refractivity contribution in [3.05, 3.63) is 64.4 Å². The molecule has 0 unspecified atom stereocenters. The molecule has 19 heavy (non-hydrogen) atoms. The van der Waals surface area contributed by atoms with Gasteiger partial charge >= 0.3 is 6.18 Å². The number of halogens is 4. The van der Waals surface area contributed by atoms with Gasteiger partial charge in [0.05, 0.1) is 5.56 Å². The van der Waals surface area contributed by atoms with E-state index in [4.69, 9.17) is 11.6 Å². The smallest absolute Gasteiger partial charge is 0.289 e. The van der Waals surface area contributed by atoms with Crippen molar-refractivity contribution in [2.45, 2.75) is 6.18 Å². The van der Waals surface area contributed by atoms with Gasteiger partial charge in [0.15, 0.2) is 5.78 Å². The van der Waals surface area contributed by atoms with E-state index in [1.807, 2.05) is 0 Å². The summed E-state index contributed by atoms with van der Waals surface area (Å²) < 4.78 is 37.6. The van der Waals surface area contributed by atoms with E-state index in [-0.39, 0.29) is 16.3 Å². The van der Waals surface area contributed by atoms with Crippen LogP contribution in [0.4, 0.5) is 13.2 Å². The normalized spacial score (nSPS) is 11.4. The minimum absolute atomic E-state index is 0.0426. The molecule has 0 aliphatic rings. The van der Waals surface area contributed by atoms with Crippen LogP contribution in [0.3, 0.4) is 0 Å². The molecule has 0 N–H and O–H groups in total. The monoisotopic (exact) mass is 285 g/mol. The zero-order chi connectivity index (χ0) is 14.0. The summed E-state index contributed by atoms with van der Waals surface area (Å²) in [6.07, 6.45) is -3.25.